The maximum Gasteiger partial charge on any atom is 0.416 e. The van der Waals surface area contributed by atoms with Crippen LogP contribution in [-0.4, -0.2) is 19.1 Å². The van der Waals surface area contributed by atoms with E-state index in [1.54, 1.807) is 0 Å². The van der Waals surface area contributed by atoms with Gasteiger partial charge in [-0.05, 0) is 24.6 Å². The van der Waals surface area contributed by atoms with Crippen molar-refractivity contribution in [2.75, 3.05) is 18.5 Å². The molecule has 0 atom stereocenters. The van der Waals surface area contributed by atoms with E-state index in [1.807, 2.05) is 6.92 Å². The third kappa shape index (κ3) is 6.22. The fourth-order valence-electron chi connectivity index (χ4n) is 1.49. The van der Waals surface area contributed by atoms with E-state index in [0.29, 0.717) is 13.0 Å². The Labute approximate surface area is 127 Å². The zero-order chi connectivity index (χ0) is 15.2. The van der Waals surface area contributed by atoms with Gasteiger partial charge >= 0.3 is 6.18 Å². The van der Waals surface area contributed by atoms with Gasteiger partial charge in [-0.25, -0.2) is 0 Å². The fourth-order valence-corrected chi connectivity index (χ4v) is 1.49. The summed E-state index contributed by atoms with van der Waals surface area (Å²) in [6.07, 6.45) is -3.74. The summed E-state index contributed by atoms with van der Waals surface area (Å²) in [5, 5.41) is 2.39. The van der Waals surface area contributed by atoms with E-state index in [9.17, 15) is 18.0 Å². The quantitative estimate of drug-likeness (QED) is 0.843. The van der Waals surface area contributed by atoms with Gasteiger partial charge in [0.15, 0.2) is 0 Å². The average molecular weight is 327 g/mol. The van der Waals surface area contributed by atoms with Crippen molar-refractivity contribution in [2.24, 2.45) is 5.73 Å². The fraction of sp³-hybridized carbons (Fsp3) is 0.462. The second kappa shape index (κ2) is 8.74. The van der Waals surface area contributed by atoms with Crippen LogP contribution in [0.2, 0.25) is 0 Å². The van der Waals surface area contributed by atoms with Crippen LogP contribution in [0.15, 0.2) is 18.2 Å². The topological polar surface area (TPSA) is 64.3 Å². The first-order valence-corrected chi connectivity index (χ1v) is 6.22. The Morgan fingerprint density at radius 3 is 2.57 bits per heavy atom. The van der Waals surface area contributed by atoms with Gasteiger partial charge in [-0.1, -0.05) is 6.92 Å². The summed E-state index contributed by atoms with van der Waals surface area (Å²) >= 11 is 0. The summed E-state index contributed by atoms with van der Waals surface area (Å²) in [7, 11) is 0. The normalized spacial score (nSPS) is 10.7. The lowest BCUT2D eigenvalue weighted by atomic mass is 10.1. The Hall–Kier alpha value is -1.47. The molecule has 0 bridgehead atoms. The molecule has 0 unspecified atom stereocenters. The van der Waals surface area contributed by atoms with Gasteiger partial charge in [0, 0.05) is 13.0 Å². The lowest BCUT2D eigenvalue weighted by Gasteiger charge is -2.15. The molecule has 0 aliphatic carbocycles. The van der Waals surface area contributed by atoms with Gasteiger partial charge < -0.3 is 15.8 Å². The van der Waals surface area contributed by atoms with E-state index in [-0.39, 0.29) is 36.8 Å². The number of hydrogen-bond donors (Lipinski definition) is 2. The molecule has 3 N–H and O–H groups in total. The molecule has 1 amide bonds. The third-order valence-corrected chi connectivity index (χ3v) is 2.41. The van der Waals surface area contributed by atoms with Gasteiger partial charge in [0.2, 0.25) is 5.91 Å². The number of carbonyl (C=O) groups is 1. The molecule has 1 aromatic carbocycles. The molecule has 1 rings (SSSR count). The number of amides is 1. The number of ether oxygens (including phenoxy) is 1. The SMILES string of the molecule is CCCOc1ccc(C(F)(F)F)cc1NC(=O)CCN.Cl. The largest absolute Gasteiger partial charge is 0.491 e. The predicted octanol–water partition coefficient (Wildman–Crippen LogP) is 3.20. The van der Waals surface area contributed by atoms with Crippen molar-refractivity contribution in [3.8, 4) is 5.75 Å². The van der Waals surface area contributed by atoms with E-state index < -0.39 is 17.6 Å². The summed E-state index contributed by atoms with van der Waals surface area (Å²) in [5.41, 5.74) is 4.39. The molecule has 8 heteroatoms. The first-order valence-electron chi connectivity index (χ1n) is 6.22. The van der Waals surface area contributed by atoms with Crippen molar-refractivity contribution in [3.63, 3.8) is 0 Å². The predicted molar refractivity (Wildman–Crippen MR) is 76.8 cm³/mol. The number of nitrogens with one attached hydrogen (secondary N) is 1. The Bertz CT molecular complexity index is 467. The minimum Gasteiger partial charge on any atom is -0.491 e. The van der Waals surface area contributed by atoms with Crippen LogP contribution < -0.4 is 15.8 Å². The summed E-state index contributed by atoms with van der Waals surface area (Å²) < 4.78 is 43.3. The highest BCUT2D eigenvalue weighted by atomic mass is 35.5. The van der Waals surface area contributed by atoms with Crippen molar-refractivity contribution in [2.45, 2.75) is 25.9 Å². The summed E-state index contributed by atoms with van der Waals surface area (Å²) in [4.78, 5) is 11.5. The van der Waals surface area contributed by atoms with Gasteiger partial charge in [-0.15, -0.1) is 12.4 Å². The molecule has 0 aromatic heterocycles. The Morgan fingerprint density at radius 2 is 2.05 bits per heavy atom. The van der Waals surface area contributed by atoms with Gasteiger partial charge in [-0.3, -0.25) is 4.79 Å². The van der Waals surface area contributed by atoms with Gasteiger partial charge in [0.05, 0.1) is 17.9 Å². The summed E-state index contributed by atoms with van der Waals surface area (Å²) in [6.45, 7) is 2.35. The standard InChI is InChI=1S/C13H17F3N2O2.ClH/c1-2-7-20-11-4-3-9(13(14,15)16)8-10(11)18-12(19)5-6-17;/h3-4,8H,2,5-7,17H2,1H3,(H,18,19);1H. The molecular formula is C13H18ClF3N2O2. The van der Waals surface area contributed by atoms with Crippen LogP contribution >= 0.6 is 12.4 Å². The van der Waals surface area contributed by atoms with E-state index >= 15 is 0 Å². The molecule has 120 valence electrons. The first-order chi connectivity index (χ1) is 9.38. The number of nitrogens with two attached hydrogens (primary N) is 1. The molecule has 4 nitrogen and oxygen atoms in total. The number of carbonyl (C=O) groups excluding carboxylic acids is 1. The molecule has 0 spiro atoms. The van der Waals surface area contributed by atoms with Crippen LogP contribution in [0.5, 0.6) is 5.75 Å². The van der Waals surface area contributed by atoms with Crippen molar-refractivity contribution >= 4 is 24.0 Å². The minimum atomic E-state index is -4.48. The highest BCUT2D eigenvalue weighted by Gasteiger charge is 2.31. The maximum absolute atomic E-state index is 12.7. The zero-order valence-electron chi connectivity index (χ0n) is 11.5. The Morgan fingerprint density at radius 1 is 1.38 bits per heavy atom. The average Bonchev–Trinajstić information content (AvgIpc) is 2.36. The third-order valence-electron chi connectivity index (χ3n) is 2.41. The van der Waals surface area contributed by atoms with Crippen LogP contribution in [0, 0.1) is 0 Å². The van der Waals surface area contributed by atoms with Gasteiger partial charge in [0.25, 0.3) is 0 Å². The van der Waals surface area contributed by atoms with E-state index in [4.69, 9.17) is 10.5 Å². The second-order valence-electron chi connectivity index (χ2n) is 4.14. The molecule has 0 heterocycles. The van der Waals surface area contributed by atoms with Gasteiger partial charge in [-0.2, -0.15) is 13.2 Å². The monoisotopic (exact) mass is 326 g/mol. The number of hydrogen-bond acceptors (Lipinski definition) is 3. The summed E-state index contributed by atoms with van der Waals surface area (Å²) in [6, 6.07) is 2.99. The smallest absolute Gasteiger partial charge is 0.416 e. The molecule has 0 radical (unpaired) electrons. The van der Waals surface area contributed by atoms with Crippen LogP contribution in [0.25, 0.3) is 0 Å². The van der Waals surface area contributed by atoms with Crippen LogP contribution in [0.4, 0.5) is 18.9 Å². The Balaban J connectivity index is 0.00000400. The molecular weight excluding hydrogens is 309 g/mol. The van der Waals surface area contributed by atoms with Crippen molar-refractivity contribution in [3.05, 3.63) is 23.8 Å². The molecule has 21 heavy (non-hydrogen) atoms. The minimum absolute atomic E-state index is 0. The lowest BCUT2D eigenvalue weighted by Crippen LogP contribution is -2.17. The number of benzene rings is 1. The van der Waals surface area contributed by atoms with E-state index in [0.717, 1.165) is 12.1 Å². The summed E-state index contributed by atoms with van der Waals surface area (Å²) in [5.74, 6) is -0.238. The number of anilines is 1. The molecule has 0 aliphatic heterocycles. The zero-order valence-corrected chi connectivity index (χ0v) is 12.3. The highest BCUT2D eigenvalue weighted by molar-refractivity contribution is 5.92. The maximum atomic E-state index is 12.7. The molecule has 0 saturated carbocycles. The molecule has 1 aromatic rings. The highest BCUT2D eigenvalue weighted by Crippen LogP contribution is 2.35. The second-order valence-corrected chi connectivity index (χ2v) is 4.14. The number of alkyl halides is 3. The number of rotatable bonds is 6. The van der Waals surface area contributed by atoms with Crippen LogP contribution in [0.3, 0.4) is 0 Å². The molecule has 0 saturated heterocycles. The number of halogens is 4. The molecule has 0 aliphatic rings. The van der Waals surface area contributed by atoms with E-state index in [1.165, 1.54) is 6.07 Å². The Kier molecular flexibility index (Phi) is 8.12. The van der Waals surface area contributed by atoms with Crippen molar-refractivity contribution in [1.29, 1.82) is 0 Å². The van der Waals surface area contributed by atoms with Crippen molar-refractivity contribution in [1.82, 2.24) is 0 Å². The first kappa shape index (κ1) is 19.5. The van der Waals surface area contributed by atoms with Crippen LogP contribution in [0.1, 0.15) is 25.3 Å². The molecule has 0 fully saturated rings. The van der Waals surface area contributed by atoms with E-state index in [2.05, 4.69) is 5.32 Å². The van der Waals surface area contributed by atoms with Crippen molar-refractivity contribution < 1.29 is 22.7 Å². The van der Waals surface area contributed by atoms with Crippen LogP contribution in [-0.2, 0) is 11.0 Å². The lowest BCUT2D eigenvalue weighted by molar-refractivity contribution is -0.137. The van der Waals surface area contributed by atoms with Gasteiger partial charge in [0.1, 0.15) is 5.75 Å².